The number of benzene rings is 1. The summed E-state index contributed by atoms with van der Waals surface area (Å²) in [5.74, 6) is -0.346. The highest BCUT2D eigenvalue weighted by Gasteiger charge is 2.35. The monoisotopic (exact) mass is 288 g/mol. The molecule has 3 N–H and O–H groups in total. The van der Waals surface area contributed by atoms with Gasteiger partial charge in [0, 0.05) is 12.5 Å². The highest BCUT2D eigenvalue weighted by molar-refractivity contribution is 5.85. The van der Waals surface area contributed by atoms with E-state index in [2.05, 4.69) is 5.32 Å². The molecule has 2 rings (SSSR count). The third-order valence-corrected chi connectivity index (χ3v) is 3.22. The predicted octanol–water partition coefficient (Wildman–Crippen LogP) is 2.19. The van der Waals surface area contributed by atoms with Gasteiger partial charge in [-0.1, -0.05) is 30.3 Å². The number of rotatable bonds is 3. The van der Waals surface area contributed by atoms with Crippen molar-refractivity contribution in [2.75, 3.05) is 13.1 Å². The molecule has 0 bridgehead atoms. The summed E-state index contributed by atoms with van der Waals surface area (Å²) in [5.41, 5.74) is 5.87. The van der Waals surface area contributed by atoms with E-state index in [4.69, 9.17) is 10.5 Å². The van der Waals surface area contributed by atoms with Gasteiger partial charge in [-0.05, 0) is 18.5 Å². The number of alkyl halides is 1. The minimum Gasteiger partial charge on any atom is -0.441 e. The van der Waals surface area contributed by atoms with Crippen LogP contribution in [0.15, 0.2) is 30.3 Å². The van der Waals surface area contributed by atoms with Gasteiger partial charge < -0.3 is 15.8 Å². The fourth-order valence-corrected chi connectivity index (χ4v) is 2.35. The van der Waals surface area contributed by atoms with Gasteiger partial charge >= 0.3 is 6.09 Å². The van der Waals surface area contributed by atoms with Crippen LogP contribution in [-0.2, 0) is 4.74 Å². The van der Waals surface area contributed by atoms with Crippen molar-refractivity contribution in [1.82, 2.24) is 5.32 Å². The fourth-order valence-electron chi connectivity index (χ4n) is 2.35. The molecule has 1 aliphatic rings. The molecule has 1 aromatic carbocycles. The minimum absolute atomic E-state index is 0. The number of carbonyl (C=O) groups excluding carboxylic acids is 1. The predicted molar refractivity (Wildman–Crippen MR) is 73.0 cm³/mol. The molecule has 0 spiro atoms. The average molecular weight is 289 g/mol. The fraction of sp³-hybridized carbons (Fsp3) is 0.462. The second kappa shape index (κ2) is 7.31. The first kappa shape index (κ1) is 15.7. The Morgan fingerprint density at radius 1 is 1.42 bits per heavy atom. The minimum atomic E-state index is -1.04. The third kappa shape index (κ3) is 4.08. The van der Waals surface area contributed by atoms with Crippen LogP contribution >= 0.6 is 12.4 Å². The Hall–Kier alpha value is -1.33. The van der Waals surface area contributed by atoms with Crippen molar-refractivity contribution in [3.63, 3.8) is 0 Å². The third-order valence-electron chi connectivity index (χ3n) is 3.22. The zero-order chi connectivity index (χ0) is 13.0. The Balaban J connectivity index is 0.00000180. The second-order valence-electron chi connectivity index (χ2n) is 4.44. The van der Waals surface area contributed by atoms with Gasteiger partial charge in [-0.25, -0.2) is 9.18 Å². The lowest BCUT2D eigenvalue weighted by molar-refractivity contribution is 0.0197. The first-order chi connectivity index (χ1) is 8.68. The Kier molecular flexibility index (Phi) is 6.05. The maximum absolute atomic E-state index is 13.9. The van der Waals surface area contributed by atoms with E-state index in [1.54, 1.807) is 0 Å². The smallest absolute Gasteiger partial charge is 0.405 e. The van der Waals surface area contributed by atoms with Crippen molar-refractivity contribution < 1.29 is 13.9 Å². The van der Waals surface area contributed by atoms with Crippen molar-refractivity contribution in [2.45, 2.75) is 18.7 Å². The number of halogens is 2. The van der Waals surface area contributed by atoms with E-state index in [-0.39, 0.29) is 24.9 Å². The summed E-state index contributed by atoms with van der Waals surface area (Å²) in [4.78, 5) is 11.0. The van der Waals surface area contributed by atoms with Gasteiger partial charge in [-0.15, -0.1) is 12.4 Å². The van der Waals surface area contributed by atoms with E-state index in [0.717, 1.165) is 12.1 Å². The van der Waals surface area contributed by atoms with Crippen LogP contribution < -0.4 is 11.1 Å². The van der Waals surface area contributed by atoms with Crippen LogP contribution in [0.2, 0.25) is 0 Å². The molecule has 6 heteroatoms. The van der Waals surface area contributed by atoms with Crippen LogP contribution in [0.25, 0.3) is 0 Å². The van der Waals surface area contributed by atoms with Crippen LogP contribution in [0.4, 0.5) is 9.18 Å². The Bertz CT molecular complexity index is 405. The molecule has 106 valence electrons. The molecule has 0 saturated carbocycles. The normalized spacial score (nSPS) is 24.1. The summed E-state index contributed by atoms with van der Waals surface area (Å²) in [5, 5.41) is 2.98. The van der Waals surface area contributed by atoms with Crippen molar-refractivity contribution in [3.05, 3.63) is 35.9 Å². The molecule has 3 unspecified atom stereocenters. The van der Waals surface area contributed by atoms with E-state index in [1.807, 2.05) is 30.3 Å². The number of ether oxygens (including phenoxy) is 1. The first-order valence-electron chi connectivity index (χ1n) is 6.04. The van der Waals surface area contributed by atoms with E-state index in [9.17, 15) is 9.18 Å². The number of piperidine rings is 1. The van der Waals surface area contributed by atoms with Crippen LogP contribution in [0, 0.1) is 5.92 Å². The number of amides is 1. The SMILES string of the molecule is Cl.NC(=O)OC(c1ccccc1)C1CCNCC1F. The zero-order valence-electron chi connectivity index (χ0n) is 10.4. The highest BCUT2D eigenvalue weighted by atomic mass is 35.5. The van der Waals surface area contributed by atoms with Gasteiger partial charge in [0.15, 0.2) is 0 Å². The van der Waals surface area contributed by atoms with E-state index in [0.29, 0.717) is 6.42 Å². The standard InChI is InChI=1S/C13H17FN2O2.ClH/c14-11-8-16-7-6-10(11)12(18-13(15)17)9-4-2-1-3-5-9;/h1-5,10-12,16H,6-8H2,(H2,15,17);1H. The first-order valence-corrected chi connectivity index (χ1v) is 6.04. The van der Waals surface area contributed by atoms with E-state index >= 15 is 0 Å². The highest BCUT2D eigenvalue weighted by Crippen LogP contribution is 2.33. The Morgan fingerprint density at radius 2 is 2.11 bits per heavy atom. The quantitative estimate of drug-likeness (QED) is 0.896. The molecule has 3 atom stereocenters. The number of nitrogens with one attached hydrogen (secondary N) is 1. The summed E-state index contributed by atoms with van der Waals surface area (Å²) >= 11 is 0. The van der Waals surface area contributed by atoms with Gasteiger partial charge in [-0.2, -0.15) is 0 Å². The Morgan fingerprint density at radius 3 is 2.68 bits per heavy atom. The topological polar surface area (TPSA) is 64.4 Å². The van der Waals surface area contributed by atoms with Crippen molar-refractivity contribution in [3.8, 4) is 0 Å². The summed E-state index contributed by atoms with van der Waals surface area (Å²) in [7, 11) is 0. The maximum atomic E-state index is 13.9. The van der Waals surface area contributed by atoms with Crippen LogP contribution in [0.1, 0.15) is 18.1 Å². The lowest BCUT2D eigenvalue weighted by Gasteiger charge is -2.32. The van der Waals surface area contributed by atoms with Crippen LogP contribution in [0.3, 0.4) is 0 Å². The molecule has 4 nitrogen and oxygen atoms in total. The molecule has 1 heterocycles. The number of carbonyl (C=O) groups is 1. The van der Waals surface area contributed by atoms with Crippen LogP contribution in [0.5, 0.6) is 0 Å². The van der Waals surface area contributed by atoms with Gasteiger partial charge in [0.1, 0.15) is 12.3 Å². The van der Waals surface area contributed by atoms with Gasteiger partial charge in [0.2, 0.25) is 0 Å². The summed E-state index contributed by atoms with van der Waals surface area (Å²) < 4.78 is 19.1. The molecule has 1 amide bonds. The summed E-state index contributed by atoms with van der Waals surface area (Å²) in [6, 6.07) is 9.17. The van der Waals surface area contributed by atoms with Crippen molar-refractivity contribution in [1.29, 1.82) is 0 Å². The van der Waals surface area contributed by atoms with Gasteiger partial charge in [0.25, 0.3) is 0 Å². The largest absolute Gasteiger partial charge is 0.441 e. The molecule has 0 aromatic heterocycles. The maximum Gasteiger partial charge on any atom is 0.405 e. The second-order valence-corrected chi connectivity index (χ2v) is 4.44. The molecule has 0 aliphatic carbocycles. The molecule has 19 heavy (non-hydrogen) atoms. The molecule has 0 radical (unpaired) electrons. The molecule has 1 aliphatic heterocycles. The number of primary amides is 1. The average Bonchev–Trinajstić information content (AvgIpc) is 2.38. The van der Waals surface area contributed by atoms with Crippen molar-refractivity contribution >= 4 is 18.5 Å². The Labute approximate surface area is 117 Å². The molecular formula is C13H18ClFN2O2. The number of hydrogen-bond acceptors (Lipinski definition) is 3. The lowest BCUT2D eigenvalue weighted by atomic mass is 9.86. The van der Waals surface area contributed by atoms with Crippen LogP contribution in [-0.4, -0.2) is 25.4 Å². The number of nitrogens with two attached hydrogens (primary N) is 1. The molecule has 1 aromatic rings. The number of hydrogen-bond donors (Lipinski definition) is 2. The van der Waals surface area contributed by atoms with E-state index in [1.165, 1.54) is 0 Å². The van der Waals surface area contributed by atoms with Gasteiger partial charge in [0.05, 0.1) is 0 Å². The molecule has 1 fully saturated rings. The molecule has 1 saturated heterocycles. The zero-order valence-corrected chi connectivity index (χ0v) is 11.2. The summed E-state index contributed by atoms with van der Waals surface area (Å²) in [6.07, 6.45) is -1.90. The lowest BCUT2D eigenvalue weighted by Crippen LogP contribution is -2.42. The van der Waals surface area contributed by atoms with E-state index < -0.39 is 18.4 Å². The van der Waals surface area contributed by atoms with Crippen molar-refractivity contribution in [2.24, 2.45) is 11.7 Å². The summed E-state index contributed by atoms with van der Waals surface area (Å²) in [6.45, 7) is 1.01. The van der Waals surface area contributed by atoms with Gasteiger partial charge in [-0.3, -0.25) is 0 Å². The molecular weight excluding hydrogens is 271 g/mol.